The van der Waals surface area contributed by atoms with Crippen LogP contribution in [0, 0.1) is 0 Å². The number of aromatic nitrogens is 1. The third kappa shape index (κ3) is 3.39. The normalized spacial score (nSPS) is 18.9. The number of piperidine rings is 1. The summed E-state index contributed by atoms with van der Waals surface area (Å²) in [7, 11) is 0. The van der Waals surface area contributed by atoms with Crippen molar-refractivity contribution in [1.29, 1.82) is 0 Å². The highest BCUT2D eigenvalue weighted by molar-refractivity contribution is 7.13. The number of carbonyl (C=O) groups is 1. The lowest BCUT2D eigenvalue weighted by Gasteiger charge is -2.31. The van der Waals surface area contributed by atoms with Crippen molar-refractivity contribution in [2.24, 2.45) is 0 Å². The smallest absolute Gasteiger partial charge is 0.273 e. The number of thiazole rings is 1. The maximum absolute atomic E-state index is 12.6. The molecule has 5 heteroatoms. The lowest BCUT2D eigenvalue weighted by atomic mass is 9.89. The van der Waals surface area contributed by atoms with Crippen molar-refractivity contribution in [3.8, 4) is 0 Å². The number of rotatable bonds is 4. The van der Waals surface area contributed by atoms with Gasteiger partial charge in [0.15, 0.2) is 5.13 Å². The van der Waals surface area contributed by atoms with Gasteiger partial charge in [-0.1, -0.05) is 30.3 Å². The molecule has 0 spiro atoms. The van der Waals surface area contributed by atoms with E-state index in [1.807, 2.05) is 10.3 Å². The fourth-order valence-electron chi connectivity index (χ4n) is 3.14. The molecule has 1 aromatic heterocycles. The Hall–Kier alpha value is -1.88. The van der Waals surface area contributed by atoms with Crippen LogP contribution in [0.3, 0.4) is 0 Å². The van der Waals surface area contributed by atoms with E-state index in [4.69, 9.17) is 0 Å². The third-order valence-electron chi connectivity index (χ3n) is 4.68. The van der Waals surface area contributed by atoms with E-state index in [9.17, 15) is 4.79 Å². The molecule has 120 valence electrons. The lowest BCUT2D eigenvalue weighted by molar-refractivity contribution is 0.0708. The number of nitrogens with one attached hydrogen (secondary N) is 1. The number of carbonyl (C=O) groups excluding carboxylic acids is 1. The van der Waals surface area contributed by atoms with Gasteiger partial charge in [0.1, 0.15) is 5.69 Å². The Labute approximate surface area is 140 Å². The van der Waals surface area contributed by atoms with E-state index in [0.717, 1.165) is 31.1 Å². The fourth-order valence-corrected chi connectivity index (χ4v) is 3.91. The molecule has 2 aromatic rings. The van der Waals surface area contributed by atoms with Crippen LogP contribution in [0.2, 0.25) is 0 Å². The van der Waals surface area contributed by atoms with Gasteiger partial charge in [-0.25, -0.2) is 4.98 Å². The molecule has 4 rings (SSSR count). The Morgan fingerprint density at radius 3 is 2.57 bits per heavy atom. The predicted octanol–water partition coefficient (Wildman–Crippen LogP) is 3.74. The van der Waals surface area contributed by atoms with Crippen LogP contribution < -0.4 is 5.32 Å². The molecule has 0 bridgehead atoms. The summed E-state index contributed by atoms with van der Waals surface area (Å²) in [6.45, 7) is 1.64. The molecule has 0 unspecified atom stereocenters. The Morgan fingerprint density at radius 1 is 1.13 bits per heavy atom. The highest BCUT2D eigenvalue weighted by Gasteiger charge is 2.27. The minimum atomic E-state index is 0.0802. The van der Waals surface area contributed by atoms with Crippen LogP contribution in [-0.2, 0) is 0 Å². The van der Waals surface area contributed by atoms with Gasteiger partial charge in [0, 0.05) is 24.5 Å². The molecule has 1 aromatic carbocycles. The second-order valence-corrected chi connectivity index (χ2v) is 7.29. The summed E-state index contributed by atoms with van der Waals surface area (Å²) in [6, 6.07) is 11.2. The zero-order valence-corrected chi connectivity index (χ0v) is 13.9. The second kappa shape index (κ2) is 6.32. The summed E-state index contributed by atoms with van der Waals surface area (Å²) in [5, 5.41) is 6.13. The minimum Gasteiger partial charge on any atom is -0.359 e. The van der Waals surface area contributed by atoms with Crippen molar-refractivity contribution in [3.63, 3.8) is 0 Å². The summed E-state index contributed by atoms with van der Waals surface area (Å²) < 4.78 is 0. The zero-order valence-electron chi connectivity index (χ0n) is 13.1. The quantitative estimate of drug-likeness (QED) is 0.930. The third-order valence-corrected chi connectivity index (χ3v) is 5.45. The van der Waals surface area contributed by atoms with Crippen molar-refractivity contribution in [1.82, 2.24) is 9.88 Å². The highest BCUT2D eigenvalue weighted by Crippen LogP contribution is 2.30. The maximum Gasteiger partial charge on any atom is 0.273 e. The summed E-state index contributed by atoms with van der Waals surface area (Å²) in [4.78, 5) is 19.0. The fraction of sp³-hybridized carbons (Fsp3) is 0.444. The van der Waals surface area contributed by atoms with Gasteiger partial charge in [0.25, 0.3) is 5.91 Å². The average Bonchev–Trinajstić information content (AvgIpc) is 3.30. The SMILES string of the molecule is O=C(c1csc(NC2CC2)n1)N1CCC(c2ccccc2)CC1. The van der Waals surface area contributed by atoms with E-state index in [0.29, 0.717) is 17.7 Å². The number of nitrogens with zero attached hydrogens (tertiary/aromatic N) is 2. The van der Waals surface area contributed by atoms with E-state index in [-0.39, 0.29) is 5.91 Å². The molecule has 1 N–H and O–H groups in total. The minimum absolute atomic E-state index is 0.0802. The Kier molecular flexibility index (Phi) is 4.04. The maximum atomic E-state index is 12.6. The molecule has 2 fully saturated rings. The van der Waals surface area contributed by atoms with E-state index in [1.165, 1.54) is 29.7 Å². The van der Waals surface area contributed by atoms with Gasteiger partial charge < -0.3 is 10.2 Å². The lowest BCUT2D eigenvalue weighted by Crippen LogP contribution is -2.38. The van der Waals surface area contributed by atoms with Gasteiger partial charge in [-0.2, -0.15) is 0 Å². The molecular formula is C18H21N3OS. The van der Waals surface area contributed by atoms with Crippen molar-refractivity contribution in [2.45, 2.75) is 37.6 Å². The van der Waals surface area contributed by atoms with Crippen LogP contribution in [-0.4, -0.2) is 34.9 Å². The van der Waals surface area contributed by atoms with Gasteiger partial charge in [0.05, 0.1) is 0 Å². The molecule has 1 saturated carbocycles. The number of amides is 1. The van der Waals surface area contributed by atoms with Gasteiger partial charge in [-0.05, 0) is 37.2 Å². The van der Waals surface area contributed by atoms with E-state index in [1.54, 1.807) is 0 Å². The van der Waals surface area contributed by atoms with Crippen LogP contribution >= 0.6 is 11.3 Å². The number of hydrogen-bond donors (Lipinski definition) is 1. The predicted molar refractivity (Wildman–Crippen MR) is 93.1 cm³/mol. The molecule has 0 radical (unpaired) electrons. The highest BCUT2D eigenvalue weighted by atomic mass is 32.1. The topological polar surface area (TPSA) is 45.2 Å². The van der Waals surface area contributed by atoms with Crippen molar-refractivity contribution < 1.29 is 4.79 Å². The molecule has 2 aliphatic rings. The standard InChI is InChI=1S/C18H21N3OS/c22-17(16-12-23-18(20-16)19-15-6-7-15)21-10-8-14(9-11-21)13-4-2-1-3-5-13/h1-5,12,14-15H,6-11H2,(H,19,20). The first kappa shape index (κ1) is 14.7. The number of benzene rings is 1. The van der Waals surface area contributed by atoms with Crippen molar-refractivity contribution >= 4 is 22.4 Å². The van der Waals surface area contributed by atoms with Crippen molar-refractivity contribution in [2.75, 3.05) is 18.4 Å². The molecule has 1 aliphatic heterocycles. The van der Waals surface area contributed by atoms with Gasteiger partial charge in [0.2, 0.25) is 0 Å². The molecule has 1 aliphatic carbocycles. The monoisotopic (exact) mass is 327 g/mol. The molecule has 4 nitrogen and oxygen atoms in total. The molecule has 2 heterocycles. The molecule has 1 saturated heterocycles. The first-order valence-electron chi connectivity index (χ1n) is 8.36. The summed E-state index contributed by atoms with van der Waals surface area (Å²) in [6.07, 6.45) is 4.51. The van der Waals surface area contributed by atoms with Gasteiger partial charge in [-0.15, -0.1) is 11.3 Å². The zero-order chi connectivity index (χ0) is 15.6. The summed E-state index contributed by atoms with van der Waals surface area (Å²) >= 11 is 1.54. The molecular weight excluding hydrogens is 306 g/mol. The van der Waals surface area contributed by atoms with Crippen LogP contribution in [0.1, 0.15) is 47.7 Å². The van der Waals surface area contributed by atoms with Crippen LogP contribution in [0.15, 0.2) is 35.7 Å². The number of hydrogen-bond acceptors (Lipinski definition) is 4. The Balaban J connectivity index is 1.36. The van der Waals surface area contributed by atoms with Crippen molar-refractivity contribution in [3.05, 3.63) is 47.0 Å². The van der Waals surface area contributed by atoms with Crippen LogP contribution in [0.5, 0.6) is 0 Å². The molecule has 0 atom stereocenters. The average molecular weight is 327 g/mol. The largest absolute Gasteiger partial charge is 0.359 e. The Morgan fingerprint density at radius 2 is 1.87 bits per heavy atom. The Bertz CT molecular complexity index is 673. The van der Waals surface area contributed by atoms with E-state index < -0.39 is 0 Å². The molecule has 1 amide bonds. The van der Waals surface area contributed by atoms with Gasteiger partial charge >= 0.3 is 0 Å². The second-order valence-electron chi connectivity index (χ2n) is 6.43. The van der Waals surface area contributed by atoms with Crippen LogP contribution in [0.25, 0.3) is 0 Å². The first-order valence-corrected chi connectivity index (χ1v) is 9.24. The summed E-state index contributed by atoms with van der Waals surface area (Å²) in [5.41, 5.74) is 1.99. The number of anilines is 1. The van der Waals surface area contributed by atoms with Crippen LogP contribution in [0.4, 0.5) is 5.13 Å². The van der Waals surface area contributed by atoms with E-state index in [2.05, 4.69) is 40.6 Å². The summed E-state index contributed by atoms with van der Waals surface area (Å²) in [5.74, 6) is 0.652. The molecule has 23 heavy (non-hydrogen) atoms. The van der Waals surface area contributed by atoms with Gasteiger partial charge in [-0.3, -0.25) is 4.79 Å². The first-order chi connectivity index (χ1) is 11.3. The van der Waals surface area contributed by atoms with E-state index >= 15 is 0 Å². The number of likely N-dealkylation sites (tertiary alicyclic amines) is 1.